The molecule has 4 rings (SSSR count). The maximum absolute atomic E-state index is 11.1. The molecular weight excluding hydrogens is 326 g/mol. The van der Waals surface area contributed by atoms with Crippen LogP contribution in [0.25, 0.3) is 0 Å². The molecule has 0 unspecified atom stereocenters. The maximum Gasteiger partial charge on any atom is 0.225 e. The average molecular weight is 351 g/mol. The SMILES string of the molecule is CC(=O)Nc1ccc(Nc2cc(C3CC3)nc(NC3CCCC3)n2)cc1. The molecule has 0 bridgehead atoms. The molecule has 0 atom stereocenters. The van der Waals surface area contributed by atoms with Crippen molar-refractivity contribution in [2.24, 2.45) is 0 Å². The third-order valence-corrected chi connectivity index (χ3v) is 4.91. The summed E-state index contributed by atoms with van der Waals surface area (Å²) in [5.74, 6) is 2.05. The number of anilines is 4. The number of benzene rings is 1. The first kappa shape index (κ1) is 16.8. The Hall–Kier alpha value is -2.63. The molecule has 0 saturated heterocycles. The second-order valence-electron chi connectivity index (χ2n) is 7.29. The number of nitrogens with zero attached hydrogens (tertiary/aromatic N) is 2. The molecule has 1 aromatic heterocycles. The van der Waals surface area contributed by atoms with Crippen LogP contribution in [0.15, 0.2) is 30.3 Å². The van der Waals surface area contributed by atoms with E-state index in [0.717, 1.165) is 28.8 Å². The van der Waals surface area contributed by atoms with Crippen LogP contribution in [0.4, 0.5) is 23.1 Å². The zero-order valence-electron chi connectivity index (χ0n) is 15.1. The van der Waals surface area contributed by atoms with E-state index in [9.17, 15) is 4.79 Å². The number of amides is 1. The number of carbonyl (C=O) groups excluding carboxylic acids is 1. The summed E-state index contributed by atoms with van der Waals surface area (Å²) < 4.78 is 0. The second kappa shape index (κ2) is 7.32. The van der Waals surface area contributed by atoms with Crippen LogP contribution in [-0.4, -0.2) is 21.9 Å². The summed E-state index contributed by atoms with van der Waals surface area (Å²) in [5.41, 5.74) is 2.84. The third-order valence-electron chi connectivity index (χ3n) is 4.91. The number of nitrogens with one attached hydrogen (secondary N) is 3. The van der Waals surface area contributed by atoms with Crippen molar-refractivity contribution in [3.05, 3.63) is 36.0 Å². The molecule has 26 heavy (non-hydrogen) atoms. The molecule has 0 radical (unpaired) electrons. The van der Waals surface area contributed by atoms with Crippen molar-refractivity contribution in [1.29, 1.82) is 0 Å². The summed E-state index contributed by atoms with van der Waals surface area (Å²) in [5, 5.41) is 9.66. The fraction of sp³-hybridized carbons (Fsp3) is 0.450. The smallest absolute Gasteiger partial charge is 0.225 e. The fourth-order valence-electron chi connectivity index (χ4n) is 3.42. The fourth-order valence-corrected chi connectivity index (χ4v) is 3.42. The highest BCUT2D eigenvalue weighted by molar-refractivity contribution is 5.88. The van der Waals surface area contributed by atoms with Crippen molar-refractivity contribution in [3.8, 4) is 0 Å². The van der Waals surface area contributed by atoms with Crippen LogP contribution in [0.1, 0.15) is 57.1 Å². The third kappa shape index (κ3) is 4.31. The van der Waals surface area contributed by atoms with Gasteiger partial charge in [0.2, 0.25) is 11.9 Å². The zero-order valence-corrected chi connectivity index (χ0v) is 15.1. The lowest BCUT2D eigenvalue weighted by molar-refractivity contribution is -0.114. The van der Waals surface area contributed by atoms with Crippen LogP contribution >= 0.6 is 0 Å². The molecule has 6 heteroatoms. The molecule has 0 aliphatic heterocycles. The summed E-state index contributed by atoms with van der Waals surface area (Å²) >= 11 is 0. The van der Waals surface area contributed by atoms with Gasteiger partial charge in [-0.2, -0.15) is 4.98 Å². The van der Waals surface area contributed by atoms with E-state index in [0.29, 0.717) is 12.0 Å². The molecule has 0 spiro atoms. The Kier molecular flexibility index (Phi) is 4.73. The van der Waals surface area contributed by atoms with Crippen molar-refractivity contribution in [2.45, 2.75) is 57.4 Å². The second-order valence-corrected chi connectivity index (χ2v) is 7.29. The van der Waals surface area contributed by atoms with Crippen molar-refractivity contribution >= 4 is 29.0 Å². The van der Waals surface area contributed by atoms with Crippen LogP contribution in [-0.2, 0) is 4.79 Å². The van der Waals surface area contributed by atoms with E-state index in [-0.39, 0.29) is 5.91 Å². The van der Waals surface area contributed by atoms with Crippen LogP contribution in [0.2, 0.25) is 0 Å². The predicted molar refractivity (Wildman–Crippen MR) is 104 cm³/mol. The van der Waals surface area contributed by atoms with Gasteiger partial charge in [-0.3, -0.25) is 4.79 Å². The van der Waals surface area contributed by atoms with Crippen LogP contribution in [0, 0.1) is 0 Å². The minimum atomic E-state index is -0.0711. The number of hydrogen-bond acceptors (Lipinski definition) is 5. The van der Waals surface area contributed by atoms with Crippen LogP contribution < -0.4 is 16.0 Å². The number of hydrogen-bond donors (Lipinski definition) is 3. The molecule has 2 aliphatic rings. The molecule has 1 heterocycles. The van der Waals surface area contributed by atoms with Gasteiger partial charge in [-0.05, 0) is 49.9 Å². The Bertz CT molecular complexity index is 779. The normalized spacial score (nSPS) is 17.1. The lowest BCUT2D eigenvalue weighted by Gasteiger charge is -2.15. The van der Waals surface area contributed by atoms with Gasteiger partial charge in [0, 0.05) is 36.3 Å². The summed E-state index contributed by atoms with van der Waals surface area (Å²) in [4.78, 5) is 20.5. The van der Waals surface area contributed by atoms with E-state index in [4.69, 9.17) is 4.98 Å². The number of rotatable bonds is 6. The lowest BCUT2D eigenvalue weighted by atomic mass is 10.2. The highest BCUT2D eigenvalue weighted by atomic mass is 16.1. The number of carbonyl (C=O) groups is 1. The van der Waals surface area contributed by atoms with E-state index in [1.54, 1.807) is 0 Å². The van der Waals surface area contributed by atoms with E-state index < -0.39 is 0 Å². The minimum absolute atomic E-state index is 0.0711. The highest BCUT2D eigenvalue weighted by Crippen LogP contribution is 2.40. The first-order chi connectivity index (χ1) is 12.7. The molecule has 136 valence electrons. The molecule has 3 N–H and O–H groups in total. The molecule has 6 nitrogen and oxygen atoms in total. The minimum Gasteiger partial charge on any atom is -0.351 e. The van der Waals surface area contributed by atoms with Gasteiger partial charge in [0.15, 0.2) is 0 Å². The summed E-state index contributed by atoms with van der Waals surface area (Å²) in [6.07, 6.45) is 7.39. The summed E-state index contributed by atoms with van der Waals surface area (Å²) in [7, 11) is 0. The average Bonchev–Trinajstić information content (AvgIpc) is 3.34. The van der Waals surface area contributed by atoms with Gasteiger partial charge in [0.25, 0.3) is 0 Å². The molecular formula is C20H25N5O. The molecule has 2 aliphatic carbocycles. The molecule has 2 fully saturated rings. The van der Waals surface area contributed by atoms with Crippen LogP contribution in [0.3, 0.4) is 0 Å². The van der Waals surface area contributed by atoms with Gasteiger partial charge in [0.1, 0.15) is 5.82 Å². The van der Waals surface area contributed by atoms with Gasteiger partial charge >= 0.3 is 0 Å². The Morgan fingerprint density at radius 1 is 1.00 bits per heavy atom. The Labute approximate surface area is 153 Å². The van der Waals surface area contributed by atoms with E-state index in [2.05, 4.69) is 27.0 Å². The standard InChI is InChI=1S/C20H25N5O/c1-13(26)21-16-8-10-17(11-9-16)22-19-12-18(14-6-7-14)24-20(25-19)23-15-4-2-3-5-15/h8-12,14-15H,2-7H2,1H3,(H,21,26)(H2,22,23,24,25). The van der Waals surface area contributed by atoms with Gasteiger partial charge < -0.3 is 16.0 Å². The van der Waals surface area contributed by atoms with Gasteiger partial charge in [-0.15, -0.1) is 0 Å². The highest BCUT2D eigenvalue weighted by Gasteiger charge is 2.26. The monoisotopic (exact) mass is 351 g/mol. The summed E-state index contributed by atoms with van der Waals surface area (Å²) in [6, 6.07) is 10.2. The van der Waals surface area contributed by atoms with E-state index in [1.165, 1.54) is 45.4 Å². The van der Waals surface area contributed by atoms with Crippen molar-refractivity contribution in [2.75, 3.05) is 16.0 Å². The Morgan fingerprint density at radius 2 is 1.69 bits per heavy atom. The quantitative estimate of drug-likeness (QED) is 0.718. The maximum atomic E-state index is 11.1. The topological polar surface area (TPSA) is 78.9 Å². The van der Waals surface area contributed by atoms with Gasteiger partial charge in [0.05, 0.1) is 5.69 Å². The molecule has 2 saturated carbocycles. The first-order valence-corrected chi connectivity index (χ1v) is 9.46. The van der Waals surface area contributed by atoms with Gasteiger partial charge in [-0.1, -0.05) is 12.8 Å². The predicted octanol–water partition coefficient (Wildman–Crippen LogP) is 4.41. The molecule has 1 amide bonds. The van der Waals surface area contributed by atoms with E-state index in [1.807, 2.05) is 24.3 Å². The summed E-state index contributed by atoms with van der Waals surface area (Å²) in [6.45, 7) is 1.51. The Morgan fingerprint density at radius 3 is 2.35 bits per heavy atom. The largest absolute Gasteiger partial charge is 0.351 e. The first-order valence-electron chi connectivity index (χ1n) is 9.46. The Balaban J connectivity index is 1.51. The van der Waals surface area contributed by atoms with Crippen molar-refractivity contribution < 1.29 is 4.79 Å². The van der Waals surface area contributed by atoms with Crippen molar-refractivity contribution in [3.63, 3.8) is 0 Å². The lowest BCUT2D eigenvalue weighted by Crippen LogP contribution is -2.17. The zero-order chi connectivity index (χ0) is 17.9. The van der Waals surface area contributed by atoms with Crippen molar-refractivity contribution in [1.82, 2.24) is 9.97 Å². The molecule has 2 aromatic rings. The van der Waals surface area contributed by atoms with Crippen LogP contribution in [0.5, 0.6) is 0 Å². The number of aromatic nitrogens is 2. The van der Waals surface area contributed by atoms with E-state index >= 15 is 0 Å². The van der Waals surface area contributed by atoms with Gasteiger partial charge in [-0.25, -0.2) is 4.98 Å². The molecule has 1 aromatic carbocycles.